The topological polar surface area (TPSA) is 52.6 Å². The molecule has 1 unspecified atom stereocenters. The molecule has 1 aliphatic rings. The van der Waals surface area contributed by atoms with Gasteiger partial charge in [0.1, 0.15) is 5.82 Å². The summed E-state index contributed by atoms with van der Waals surface area (Å²) in [6.07, 6.45) is 0.171. The van der Waals surface area contributed by atoms with Gasteiger partial charge in [-0.1, -0.05) is 0 Å². The van der Waals surface area contributed by atoms with Crippen LogP contribution in [0, 0.1) is 18.7 Å². The van der Waals surface area contributed by atoms with E-state index in [1.54, 1.807) is 4.90 Å². The number of aryl methyl sites for hydroxylation is 1. The van der Waals surface area contributed by atoms with Crippen molar-refractivity contribution in [2.45, 2.75) is 27.2 Å². The molecule has 2 amide bonds. The number of benzene rings is 2. The van der Waals surface area contributed by atoms with Gasteiger partial charge in [0.25, 0.3) is 0 Å². The fourth-order valence-electron chi connectivity index (χ4n) is 3.62. The van der Waals surface area contributed by atoms with Crippen molar-refractivity contribution in [3.05, 3.63) is 53.8 Å². The van der Waals surface area contributed by atoms with E-state index in [0.29, 0.717) is 12.2 Å². The molecule has 0 aliphatic carbocycles. The molecule has 0 aromatic heterocycles. The Morgan fingerprint density at radius 2 is 1.86 bits per heavy atom. The van der Waals surface area contributed by atoms with Gasteiger partial charge >= 0.3 is 0 Å². The minimum Gasteiger partial charge on any atom is -0.372 e. The lowest BCUT2D eigenvalue weighted by molar-refractivity contribution is -0.122. The molecule has 1 aliphatic heterocycles. The molecule has 3 rings (SSSR count). The third-order valence-electron chi connectivity index (χ3n) is 5.21. The van der Waals surface area contributed by atoms with Crippen LogP contribution in [0.1, 0.15) is 25.8 Å². The maximum atomic E-state index is 13.0. The van der Waals surface area contributed by atoms with E-state index in [1.807, 2.05) is 19.1 Å². The Kier molecular flexibility index (Phi) is 5.97. The molecule has 0 saturated carbocycles. The summed E-state index contributed by atoms with van der Waals surface area (Å²) >= 11 is 0. The van der Waals surface area contributed by atoms with Gasteiger partial charge in [-0.3, -0.25) is 9.59 Å². The van der Waals surface area contributed by atoms with Gasteiger partial charge < -0.3 is 15.1 Å². The van der Waals surface area contributed by atoms with Gasteiger partial charge in [0.2, 0.25) is 11.8 Å². The van der Waals surface area contributed by atoms with Crippen molar-refractivity contribution >= 4 is 28.9 Å². The number of halogens is 1. The van der Waals surface area contributed by atoms with Crippen LogP contribution in [0.5, 0.6) is 0 Å². The number of nitrogens with zero attached hydrogens (tertiary/aromatic N) is 2. The average Bonchev–Trinajstić information content (AvgIpc) is 3.06. The number of rotatable bonds is 6. The molecule has 28 heavy (non-hydrogen) atoms. The van der Waals surface area contributed by atoms with Crippen LogP contribution in [0.2, 0.25) is 0 Å². The highest BCUT2D eigenvalue weighted by Gasteiger charge is 2.35. The van der Waals surface area contributed by atoms with E-state index in [4.69, 9.17) is 0 Å². The van der Waals surface area contributed by atoms with Crippen molar-refractivity contribution in [2.24, 2.45) is 5.92 Å². The fraction of sp³-hybridized carbons (Fsp3) is 0.364. The van der Waals surface area contributed by atoms with Crippen LogP contribution in [-0.4, -0.2) is 31.4 Å². The first-order chi connectivity index (χ1) is 13.4. The smallest absolute Gasteiger partial charge is 0.229 e. The summed E-state index contributed by atoms with van der Waals surface area (Å²) in [5.74, 6) is -1.07. The van der Waals surface area contributed by atoms with Crippen LogP contribution in [0.3, 0.4) is 0 Å². The minimum atomic E-state index is -0.431. The molecule has 6 heteroatoms. The van der Waals surface area contributed by atoms with Crippen molar-refractivity contribution in [1.82, 2.24) is 0 Å². The number of carbonyl (C=O) groups excluding carboxylic acids is 2. The largest absolute Gasteiger partial charge is 0.372 e. The molecule has 0 spiro atoms. The highest BCUT2D eigenvalue weighted by atomic mass is 19.1. The third kappa shape index (κ3) is 4.16. The SMILES string of the molecule is CCN(CC)c1ccc(N2CC(C(=O)Nc3ccc(F)cc3)CC2=O)c(C)c1. The zero-order valence-corrected chi connectivity index (χ0v) is 16.5. The lowest BCUT2D eigenvalue weighted by Crippen LogP contribution is -2.29. The summed E-state index contributed by atoms with van der Waals surface area (Å²) in [7, 11) is 0. The Labute approximate surface area is 165 Å². The summed E-state index contributed by atoms with van der Waals surface area (Å²) in [5.41, 5.74) is 3.51. The number of hydrogen-bond acceptors (Lipinski definition) is 3. The number of anilines is 3. The molecule has 1 N–H and O–H groups in total. The maximum absolute atomic E-state index is 13.0. The van der Waals surface area contributed by atoms with Crippen molar-refractivity contribution < 1.29 is 14.0 Å². The second-order valence-electron chi connectivity index (χ2n) is 7.04. The van der Waals surface area contributed by atoms with Gasteiger partial charge in [0.15, 0.2) is 0 Å². The Hall–Kier alpha value is -2.89. The quantitative estimate of drug-likeness (QED) is 0.821. The van der Waals surface area contributed by atoms with Gasteiger partial charge in [0.05, 0.1) is 5.92 Å². The van der Waals surface area contributed by atoms with Gasteiger partial charge in [-0.05, 0) is 68.8 Å². The van der Waals surface area contributed by atoms with Crippen LogP contribution in [0.15, 0.2) is 42.5 Å². The Bertz CT molecular complexity index is 863. The summed E-state index contributed by atoms with van der Waals surface area (Å²) in [6, 6.07) is 11.7. The van der Waals surface area contributed by atoms with Crippen LogP contribution in [-0.2, 0) is 9.59 Å². The number of carbonyl (C=O) groups is 2. The van der Waals surface area contributed by atoms with Crippen molar-refractivity contribution in [3.8, 4) is 0 Å². The Morgan fingerprint density at radius 3 is 2.46 bits per heavy atom. The minimum absolute atomic E-state index is 0.0575. The zero-order valence-electron chi connectivity index (χ0n) is 16.5. The molecule has 2 aromatic carbocycles. The van der Waals surface area contributed by atoms with E-state index in [-0.39, 0.29) is 24.1 Å². The van der Waals surface area contributed by atoms with E-state index in [9.17, 15) is 14.0 Å². The second-order valence-corrected chi connectivity index (χ2v) is 7.04. The first-order valence-corrected chi connectivity index (χ1v) is 9.65. The van der Waals surface area contributed by atoms with Crippen LogP contribution < -0.4 is 15.1 Å². The van der Waals surface area contributed by atoms with Gasteiger partial charge in [-0.15, -0.1) is 0 Å². The number of amides is 2. The van der Waals surface area contributed by atoms with Gasteiger partial charge in [-0.2, -0.15) is 0 Å². The molecule has 1 atom stereocenters. The Balaban J connectivity index is 1.72. The van der Waals surface area contributed by atoms with E-state index >= 15 is 0 Å². The van der Waals surface area contributed by atoms with Crippen LogP contribution >= 0.6 is 0 Å². The molecule has 2 aromatic rings. The predicted molar refractivity (Wildman–Crippen MR) is 110 cm³/mol. The molecule has 0 radical (unpaired) electrons. The second kappa shape index (κ2) is 8.42. The Morgan fingerprint density at radius 1 is 1.18 bits per heavy atom. The summed E-state index contributed by atoms with van der Waals surface area (Å²) < 4.78 is 13.0. The maximum Gasteiger partial charge on any atom is 0.229 e. The number of hydrogen-bond donors (Lipinski definition) is 1. The standard InChI is InChI=1S/C22H26FN3O2/c1-4-25(5-2)19-10-11-20(15(3)12-19)26-14-16(13-21(26)27)22(28)24-18-8-6-17(23)7-9-18/h6-12,16H,4-5,13-14H2,1-3H3,(H,24,28). The van der Waals surface area contributed by atoms with E-state index < -0.39 is 5.92 Å². The van der Waals surface area contributed by atoms with Gasteiger partial charge in [-0.25, -0.2) is 4.39 Å². The fourth-order valence-corrected chi connectivity index (χ4v) is 3.62. The molecule has 148 valence electrons. The highest BCUT2D eigenvalue weighted by molar-refractivity contribution is 6.04. The third-order valence-corrected chi connectivity index (χ3v) is 5.21. The number of nitrogens with one attached hydrogen (secondary N) is 1. The van der Waals surface area contributed by atoms with E-state index in [2.05, 4.69) is 30.1 Å². The molecule has 5 nitrogen and oxygen atoms in total. The summed E-state index contributed by atoms with van der Waals surface area (Å²) in [4.78, 5) is 29.0. The zero-order chi connectivity index (χ0) is 20.3. The van der Waals surface area contributed by atoms with Crippen LogP contribution in [0.25, 0.3) is 0 Å². The monoisotopic (exact) mass is 383 g/mol. The van der Waals surface area contributed by atoms with E-state index in [1.165, 1.54) is 24.3 Å². The van der Waals surface area contributed by atoms with Crippen molar-refractivity contribution in [2.75, 3.05) is 34.8 Å². The molecular formula is C22H26FN3O2. The lowest BCUT2D eigenvalue weighted by Gasteiger charge is -2.24. The average molecular weight is 383 g/mol. The van der Waals surface area contributed by atoms with Gasteiger partial charge in [0, 0.05) is 43.1 Å². The highest BCUT2D eigenvalue weighted by Crippen LogP contribution is 2.31. The first-order valence-electron chi connectivity index (χ1n) is 9.65. The van der Waals surface area contributed by atoms with Crippen LogP contribution in [0.4, 0.5) is 21.5 Å². The molecular weight excluding hydrogens is 357 g/mol. The normalized spacial score (nSPS) is 16.4. The predicted octanol–water partition coefficient (Wildman–Crippen LogP) is 3.97. The molecule has 1 heterocycles. The van der Waals surface area contributed by atoms with Crippen molar-refractivity contribution in [1.29, 1.82) is 0 Å². The molecule has 0 bridgehead atoms. The van der Waals surface area contributed by atoms with E-state index in [0.717, 1.165) is 30.0 Å². The first kappa shape index (κ1) is 19.9. The lowest BCUT2D eigenvalue weighted by atomic mass is 10.1. The summed E-state index contributed by atoms with van der Waals surface area (Å²) in [5, 5.41) is 2.77. The summed E-state index contributed by atoms with van der Waals surface area (Å²) in [6.45, 7) is 8.40. The van der Waals surface area contributed by atoms with Crippen molar-refractivity contribution in [3.63, 3.8) is 0 Å². The molecule has 1 fully saturated rings. The molecule has 1 saturated heterocycles.